The van der Waals surface area contributed by atoms with Crippen LogP contribution < -0.4 is 10.2 Å². The van der Waals surface area contributed by atoms with Gasteiger partial charge in [-0.3, -0.25) is 14.5 Å². The van der Waals surface area contributed by atoms with Crippen LogP contribution in [-0.2, 0) is 22.6 Å². The van der Waals surface area contributed by atoms with Gasteiger partial charge in [0, 0.05) is 30.9 Å². The van der Waals surface area contributed by atoms with Gasteiger partial charge in [-0.05, 0) is 30.7 Å². The number of imidazole rings is 1. The van der Waals surface area contributed by atoms with E-state index in [0.29, 0.717) is 13.0 Å². The molecule has 4 rings (SSSR count). The first-order valence-electron chi connectivity index (χ1n) is 8.63. The van der Waals surface area contributed by atoms with E-state index in [1.54, 1.807) is 4.90 Å². The van der Waals surface area contributed by atoms with E-state index < -0.39 is 6.04 Å². The van der Waals surface area contributed by atoms with Crippen molar-refractivity contribution >= 4 is 23.1 Å². The average molecular weight is 348 g/mol. The number of rotatable bonds is 3. The summed E-state index contributed by atoms with van der Waals surface area (Å²) in [6.07, 6.45) is 2.46. The lowest BCUT2D eigenvalue weighted by molar-refractivity contribution is -0.125. The van der Waals surface area contributed by atoms with Gasteiger partial charge in [0.15, 0.2) is 0 Å². The number of carbonyl (C=O) groups excluding carboxylic acids is 2. The molecule has 26 heavy (non-hydrogen) atoms. The topological polar surface area (TPSA) is 66.7 Å². The number of carbonyl (C=O) groups is 2. The third-order valence-electron chi connectivity index (χ3n) is 4.81. The molecule has 3 heterocycles. The lowest BCUT2D eigenvalue weighted by Crippen LogP contribution is -2.47. The average Bonchev–Trinajstić information content (AvgIpc) is 3.21. The van der Waals surface area contributed by atoms with Crippen LogP contribution in [0.15, 0.2) is 48.7 Å². The molecule has 0 saturated carbocycles. The van der Waals surface area contributed by atoms with Gasteiger partial charge in [0.1, 0.15) is 11.7 Å². The Bertz CT molecular complexity index is 1010. The Kier molecular flexibility index (Phi) is 3.95. The highest BCUT2D eigenvalue weighted by molar-refractivity contribution is 6.02. The van der Waals surface area contributed by atoms with Gasteiger partial charge in [-0.25, -0.2) is 4.98 Å². The highest BCUT2D eigenvalue weighted by Gasteiger charge is 2.36. The van der Waals surface area contributed by atoms with Crippen LogP contribution in [-0.4, -0.2) is 27.2 Å². The number of anilines is 1. The maximum atomic E-state index is 12.7. The lowest BCUT2D eigenvalue weighted by Gasteiger charge is -2.23. The predicted octanol–water partition coefficient (Wildman–Crippen LogP) is 2.24. The van der Waals surface area contributed by atoms with Crippen LogP contribution in [0.1, 0.15) is 23.9 Å². The second-order valence-electron chi connectivity index (χ2n) is 6.58. The first-order valence-corrected chi connectivity index (χ1v) is 8.63. The minimum atomic E-state index is -0.510. The van der Waals surface area contributed by atoms with Crippen molar-refractivity contribution < 1.29 is 9.59 Å². The van der Waals surface area contributed by atoms with E-state index in [-0.39, 0.29) is 11.8 Å². The van der Waals surface area contributed by atoms with Crippen molar-refractivity contribution in [2.24, 2.45) is 0 Å². The standard InChI is InChI=1S/C20H20N4O2/c1-13-6-5-9-19-22-16(12-23(13)19)11-21-20(26)18-10-15-7-3-4-8-17(15)24(18)14(2)25/h3-9,12,18H,10-11H2,1-2H3,(H,21,26)/t18-/m0/s1. The molecule has 0 unspecified atom stereocenters. The maximum Gasteiger partial charge on any atom is 0.243 e. The van der Waals surface area contributed by atoms with Crippen molar-refractivity contribution in [1.82, 2.24) is 14.7 Å². The van der Waals surface area contributed by atoms with Gasteiger partial charge >= 0.3 is 0 Å². The Morgan fingerprint density at radius 1 is 1.19 bits per heavy atom. The van der Waals surface area contributed by atoms with Crippen LogP contribution in [0.4, 0.5) is 5.69 Å². The number of para-hydroxylation sites is 1. The Balaban J connectivity index is 1.51. The number of nitrogens with zero attached hydrogens (tertiary/aromatic N) is 3. The molecule has 0 saturated heterocycles. The highest BCUT2D eigenvalue weighted by Crippen LogP contribution is 2.32. The summed E-state index contributed by atoms with van der Waals surface area (Å²) in [5.41, 5.74) is 4.57. The molecule has 2 aromatic heterocycles. The smallest absolute Gasteiger partial charge is 0.243 e. The molecule has 1 aliphatic rings. The van der Waals surface area contributed by atoms with Crippen LogP contribution in [0.25, 0.3) is 5.65 Å². The molecule has 1 atom stereocenters. The minimum absolute atomic E-state index is 0.126. The third kappa shape index (κ3) is 2.73. The Morgan fingerprint density at radius 3 is 2.77 bits per heavy atom. The van der Waals surface area contributed by atoms with Crippen molar-refractivity contribution in [2.45, 2.75) is 32.9 Å². The largest absolute Gasteiger partial charge is 0.349 e. The molecule has 0 spiro atoms. The number of aromatic nitrogens is 2. The molecule has 1 aromatic carbocycles. The maximum absolute atomic E-state index is 12.7. The summed E-state index contributed by atoms with van der Waals surface area (Å²) in [6.45, 7) is 3.84. The lowest BCUT2D eigenvalue weighted by atomic mass is 10.1. The number of pyridine rings is 1. The second-order valence-corrected chi connectivity index (χ2v) is 6.58. The number of fused-ring (bicyclic) bond motifs is 2. The van der Waals surface area contributed by atoms with Gasteiger partial charge in [0.2, 0.25) is 11.8 Å². The summed E-state index contributed by atoms with van der Waals surface area (Å²) in [5.74, 6) is -0.288. The normalized spacial score (nSPS) is 15.9. The van der Waals surface area contributed by atoms with Crippen LogP contribution in [0.5, 0.6) is 0 Å². The Labute approximate surface area is 151 Å². The van der Waals surface area contributed by atoms with Gasteiger partial charge in [-0.15, -0.1) is 0 Å². The molecule has 6 nitrogen and oxygen atoms in total. The van der Waals surface area contributed by atoms with Gasteiger partial charge in [-0.2, -0.15) is 0 Å². The molecule has 0 fully saturated rings. The van der Waals surface area contributed by atoms with E-state index >= 15 is 0 Å². The van der Waals surface area contributed by atoms with E-state index in [1.807, 2.05) is 60.0 Å². The van der Waals surface area contributed by atoms with Gasteiger partial charge < -0.3 is 9.72 Å². The van der Waals surface area contributed by atoms with Crippen molar-refractivity contribution in [3.8, 4) is 0 Å². The van der Waals surface area contributed by atoms with Crippen LogP contribution >= 0.6 is 0 Å². The fourth-order valence-corrected chi connectivity index (χ4v) is 3.56. The highest BCUT2D eigenvalue weighted by atomic mass is 16.2. The molecule has 1 N–H and O–H groups in total. The summed E-state index contributed by atoms with van der Waals surface area (Å²) < 4.78 is 1.99. The van der Waals surface area contributed by atoms with Crippen molar-refractivity contribution in [2.75, 3.05) is 4.90 Å². The third-order valence-corrected chi connectivity index (χ3v) is 4.81. The molecule has 132 valence electrons. The van der Waals surface area contributed by atoms with E-state index in [2.05, 4.69) is 10.3 Å². The van der Waals surface area contributed by atoms with E-state index in [4.69, 9.17) is 0 Å². The van der Waals surface area contributed by atoms with E-state index in [0.717, 1.165) is 28.3 Å². The first kappa shape index (κ1) is 16.3. The van der Waals surface area contributed by atoms with E-state index in [1.165, 1.54) is 6.92 Å². The molecule has 0 aliphatic carbocycles. The monoisotopic (exact) mass is 348 g/mol. The van der Waals surface area contributed by atoms with Crippen LogP contribution in [0.3, 0.4) is 0 Å². The van der Waals surface area contributed by atoms with Crippen molar-refractivity contribution in [3.63, 3.8) is 0 Å². The van der Waals surface area contributed by atoms with Gasteiger partial charge in [-0.1, -0.05) is 24.3 Å². The van der Waals surface area contributed by atoms with E-state index in [9.17, 15) is 9.59 Å². The fourth-order valence-electron chi connectivity index (χ4n) is 3.56. The van der Waals surface area contributed by atoms with Gasteiger partial charge in [0.25, 0.3) is 0 Å². The predicted molar refractivity (Wildman–Crippen MR) is 98.9 cm³/mol. The summed E-state index contributed by atoms with van der Waals surface area (Å²) in [6, 6.07) is 13.0. The summed E-state index contributed by atoms with van der Waals surface area (Å²) in [5, 5.41) is 2.93. The number of aryl methyl sites for hydroxylation is 1. The zero-order valence-corrected chi connectivity index (χ0v) is 14.8. The number of benzene rings is 1. The number of hydrogen-bond acceptors (Lipinski definition) is 3. The minimum Gasteiger partial charge on any atom is -0.349 e. The van der Waals surface area contributed by atoms with Crippen molar-refractivity contribution in [1.29, 1.82) is 0 Å². The van der Waals surface area contributed by atoms with Gasteiger partial charge in [0.05, 0.1) is 12.2 Å². The zero-order valence-electron chi connectivity index (χ0n) is 14.8. The molecule has 1 aliphatic heterocycles. The molecule has 2 amide bonds. The number of amides is 2. The van der Waals surface area contributed by atoms with Crippen molar-refractivity contribution in [3.05, 3.63) is 65.6 Å². The molecule has 0 radical (unpaired) electrons. The number of nitrogens with one attached hydrogen (secondary N) is 1. The zero-order chi connectivity index (χ0) is 18.3. The van der Waals surface area contributed by atoms with Crippen LogP contribution in [0, 0.1) is 6.92 Å². The quantitative estimate of drug-likeness (QED) is 0.789. The Hall–Kier alpha value is -3.15. The Morgan fingerprint density at radius 2 is 2.00 bits per heavy atom. The summed E-state index contributed by atoms with van der Waals surface area (Å²) in [7, 11) is 0. The molecule has 3 aromatic rings. The number of hydrogen-bond donors (Lipinski definition) is 1. The summed E-state index contributed by atoms with van der Waals surface area (Å²) >= 11 is 0. The molecular formula is C20H20N4O2. The summed E-state index contributed by atoms with van der Waals surface area (Å²) in [4.78, 5) is 30.9. The molecular weight excluding hydrogens is 328 g/mol. The molecule has 0 bridgehead atoms. The SMILES string of the molecule is CC(=O)N1c2ccccc2C[C@H]1C(=O)NCc1cn2c(C)cccc2n1. The molecule has 6 heteroatoms. The second kappa shape index (κ2) is 6.29. The first-order chi connectivity index (χ1) is 12.5. The fraction of sp³-hybridized carbons (Fsp3) is 0.250. The van der Waals surface area contributed by atoms with Crippen LogP contribution in [0.2, 0.25) is 0 Å².